The van der Waals surface area contributed by atoms with Crippen LogP contribution in [0.15, 0.2) is 24.5 Å². The maximum Gasteiger partial charge on any atom is 0.254 e. The number of carbonyl (C=O) groups excluding carboxylic acids is 1. The molecule has 1 amide bonds. The average Bonchev–Trinajstić information content (AvgIpc) is 3.21. The average molecular weight is 354 g/mol. The second-order valence-electron chi connectivity index (χ2n) is 7.70. The van der Waals surface area contributed by atoms with E-state index in [9.17, 15) is 4.79 Å². The molecule has 0 bridgehead atoms. The van der Waals surface area contributed by atoms with Gasteiger partial charge in [0.25, 0.3) is 5.91 Å². The van der Waals surface area contributed by atoms with Crippen LogP contribution in [-0.4, -0.2) is 55.6 Å². The van der Waals surface area contributed by atoms with Gasteiger partial charge in [0.2, 0.25) is 0 Å². The molecule has 9 nitrogen and oxygen atoms in total. The summed E-state index contributed by atoms with van der Waals surface area (Å²) in [5.74, 6) is 2.06. The maximum atomic E-state index is 11.9. The number of rotatable bonds is 4. The molecule has 26 heavy (non-hydrogen) atoms. The summed E-state index contributed by atoms with van der Waals surface area (Å²) in [6, 6.07) is 3.91. The highest BCUT2D eigenvalue weighted by Crippen LogP contribution is 2.25. The number of aromatic amines is 1. The van der Waals surface area contributed by atoms with Crippen LogP contribution in [-0.2, 0) is 5.41 Å². The molecule has 4 heterocycles. The molecular formula is C17H22N8O. The molecule has 0 unspecified atom stereocenters. The first kappa shape index (κ1) is 16.5. The molecule has 2 N–H and O–H groups in total. The van der Waals surface area contributed by atoms with Crippen molar-refractivity contribution in [2.45, 2.75) is 26.2 Å². The quantitative estimate of drug-likeness (QED) is 0.725. The van der Waals surface area contributed by atoms with Gasteiger partial charge in [0, 0.05) is 37.2 Å². The van der Waals surface area contributed by atoms with Crippen molar-refractivity contribution >= 4 is 17.4 Å². The third-order valence-electron chi connectivity index (χ3n) is 4.51. The number of fused-ring (bicyclic) bond motifs is 1. The van der Waals surface area contributed by atoms with Gasteiger partial charge in [-0.05, 0) is 12.1 Å². The molecule has 0 aromatic carbocycles. The van der Waals surface area contributed by atoms with E-state index in [0.29, 0.717) is 18.0 Å². The Hall–Kier alpha value is -2.97. The van der Waals surface area contributed by atoms with Gasteiger partial charge in [-0.3, -0.25) is 9.89 Å². The second kappa shape index (κ2) is 6.08. The smallest absolute Gasteiger partial charge is 0.254 e. The molecule has 3 aromatic rings. The van der Waals surface area contributed by atoms with Crippen molar-refractivity contribution in [2.24, 2.45) is 5.92 Å². The van der Waals surface area contributed by atoms with E-state index in [1.165, 1.54) is 6.20 Å². The van der Waals surface area contributed by atoms with E-state index in [1.54, 1.807) is 6.20 Å². The van der Waals surface area contributed by atoms with Crippen LogP contribution in [0, 0.1) is 5.92 Å². The summed E-state index contributed by atoms with van der Waals surface area (Å²) in [6.45, 7) is 8.65. The van der Waals surface area contributed by atoms with Crippen LogP contribution in [0.5, 0.6) is 0 Å². The SMILES string of the molecule is CC(C)(C)c1nnc2ccc(N3CC(CNC(=O)c4cn[nH]c4)C3)nn12. The number of H-pyrrole nitrogens is 1. The number of carbonyl (C=O) groups is 1. The lowest BCUT2D eigenvalue weighted by Crippen LogP contribution is -2.52. The van der Waals surface area contributed by atoms with Gasteiger partial charge in [-0.2, -0.15) is 9.61 Å². The summed E-state index contributed by atoms with van der Waals surface area (Å²) in [4.78, 5) is 14.1. The molecule has 9 heteroatoms. The van der Waals surface area contributed by atoms with Crippen molar-refractivity contribution in [2.75, 3.05) is 24.5 Å². The Morgan fingerprint density at radius 1 is 1.31 bits per heavy atom. The van der Waals surface area contributed by atoms with Gasteiger partial charge in [-0.25, -0.2) is 0 Å². The van der Waals surface area contributed by atoms with E-state index in [1.807, 2.05) is 16.6 Å². The molecular weight excluding hydrogens is 332 g/mol. The van der Waals surface area contributed by atoms with Crippen molar-refractivity contribution in [1.29, 1.82) is 0 Å². The van der Waals surface area contributed by atoms with E-state index < -0.39 is 0 Å². The highest BCUT2D eigenvalue weighted by Gasteiger charge is 2.29. The van der Waals surface area contributed by atoms with Gasteiger partial charge in [0.1, 0.15) is 5.82 Å². The maximum absolute atomic E-state index is 11.9. The molecule has 1 aliphatic rings. The summed E-state index contributed by atoms with van der Waals surface area (Å²) >= 11 is 0. The highest BCUT2D eigenvalue weighted by molar-refractivity contribution is 5.93. The molecule has 0 spiro atoms. The first-order valence-electron chi connectivity index (χ1n) is 8.67. The molecule has 0 radical (unpaired) electrons. The number of nitrogens with one attached hydrogen (secondary N) is 2. The van der Waals surface area contributed by atoms with E-state index in [4.69, 9.17) is 5.10 Å². The number of hydrogen-bond donors (Lipinski definition) is 2. The molecule has 3 aromatic heterocycles. The summed E-state index contributed by atoms with van der Waals surface area (Å²) in [5, 5.41) is 22.6. The minimum Gasteiger partial charge on any atom is -0.354 e. The van der Waals surface area contributed by atoms with Crippen LogP contribution in [0.4, 0.5) is 5.82 Å². The Bertz CT molecular complexity index is 918. The van der Waals surface area contributed by atoms with Crippen LogP contribution in [0.25, 0.3) is 5.65 Å². The van der Waals surface area contributed by atoms with Crippen molar-refractivity contribution in [3.63, 3.8) is 0 Å². The molecule has 1 saturated heterocycles. The van der Waals surface area contributed by atoms with Crippen molar-refractivity contribution in [1.82, 2.24) is 35.3 Å². The van der Waals surface area contributed by atoms with E-state index in [-0.39, 0.29) is 11.3 Å². The van der Waals surface area contributed by atoms with Crippen LogP contribution in [0.2, 0.25) is 0 Å². The fraction of sp³-hybridized carbons (Fsp3) is 0.471. The van der Waals surface area contributed by atoms with E-state index in [2.05, 4.69) is 51.4 Å². The summed E-state index contributed by atoms with van der Waals surface area (Å²) in [6.07, 6.45) is 3.11. The molecule has 0 aliphatic carbocycles. The molecule has 0 atom stereocenters. The summed E-state index contributed by atoms with van der Waals surface area (Å²) in [5.41, 5.74) is 1.18. The summed E-state index contributed by atoms with van der Waals surface area (Å²) < 4.78 is 1.82. The lowest BCUT2D eigenvalue weighted by Gasteiger charge is -2.40. The van der Waals surface area contributed by atoms with Crippen LogP contribution < -0.4 is 10.2 Å². The fourth-order valence-electron chi connectivity index (χ4n) is 3.02. The predicted octanol–water partition coefficient (Wildman–Crippen LogP) is 1.01. The Labute approximate surface area is 150 Å². The number of amides is 1. The van der Waals surface area contributed by atoms with Crippen LogP contribution in [0.1, 0.15) is 37.0 Å². The zero-order valence-electron chi connectivity index (χ0n) is 15.1. The van der Waals surface area contributed by atoms with Gasteiger partial charge < -0.3 is 10.2 Å². The van der Waals surface area contributed by atoms with Gasteiger partial charge in [0.15, 0.2) is 11.5 Å². The highest BCUT2D eigenvalue weighted by atomic mass is 16.1. The fourth-order valence-corrected chi connectivity index (χ4v) is 3.02. The van der Waals surface area contributed by atoms with E-state index >= 15 is 0 Å². The van der Waals surface area contributed by atoms with Crippen molar-refractivity contribution < 1.29 is 4.79 Å². The molecule has 136 valence electrons. The largest absolute Gasteiger partial charge is 0.354 e. The van der Waals surface area contributed by atoms with Gasteiger partial charge in [-0.1, -0.05) is 20.8 Å². The minimum atomic E-state index is -0.125. The van der Waals surface area contributed by atoms with E-state index in [0.717, 1.165) is 30.4 Å². The third-order valence-corrected chi connectivity index (χ3v) is 4.51. The number of hydrogen-bond acceptors (Lipinski definition) is 6. The van der Waals surface area contributed by atoms with Crippen molar-refractivity contribution in [3.05, 3.63) is 35.9 Å². The summed E-state index contributed by atoms with van der Waals surface area (Å²) in [7, 11) is 0. The van der Waals surface area contributed by atoms with Gasteiger partial charge in [0.05, 0.1) is 11.8 Å². The Kier molecular flexibility index (Phi) is 3.86. The monoisotopic (exact) mass is 354 g/mol. The molecule has 1 aliphatic heterocycles. The Morgan fingerprint density at radius 2 is 2.12 bits per heavy atom. The number of aromatic nitrogens is 6. The lowest BCUT2D eigenvalue weighted by molar-refractivity contribution is 0.0944. The van der Waals surface area contributed by atoms with Gasteiger partial charge in [-0.15, -0.1) is 15.3 Å². The number of nitrogens with zero attached hydrogens (tertiary/aromatic N) is 6. The second-order valence-corrected chi connectivity index (χ2v) is 7.70. The molecule has 0 saturated carbocycles. The first-order chi connectivity index (χ1) is 12.4. The Morgan fingerprint density at radius 3 is 2.81 bits per heavy atom. The zero-order chi connectivity index (χ0) is 18.3. The normalized spacial score (nSPS) is 15.3. The van der Waals surface area contributed by atoms with Crippen LogP contribution >= 0.6 is 0 Å². The molecule has 1 fully saturated rings. The predicted molar refractivity (Wildman–Crippen MR) is 96.1 cm³/mol. The standard InChI is InChI=1S/C17H22N8O/c1-17(2,3)16-22-21-13-4-5-14(23-25(13)16)24-9-11(10-24)6-18-15(26)12-7-19-20-8-12/h4-5,7-8,11H,6,9-10H2,1-3H3,(H,18,26)(H,19,20). The molecule has 4 rings (SSSR count). The Balaban J connectivity index is 1.39. The zero-order valence-corrected chi connectivity index (χ0v) is 15.1. The lowest BCUT2D eigenvalue weighted by atomic mass is 9.96. The third kappa shape index (κ3) is 3.00. The topological polar surface area (TPSA) is 104 Å². The van der Waals surface area contributed by atoms with Crippen LogP contribution in [0.3, 0.4) is 0 Å². The number of anilines is 1. The minimum absolute atomic E-state index is 0.101. The van der Waals surface area contributed by atoms with Crippen molar-refractivity contribution in [3.8, 4) is 0 Å². The van der Waals surface area contributed by atoms with Gasteiger partial charge >= 0.3 is 0 Å². The first-order valence-corrected chi connectivity index (χ1v) is 8.67.